The van der Waals surface area contributed by atoms with Crippen molar-refractivity contribution in [3.63, 3.8) is 0 Å². The Labute approximate surface area is 189 Å². The van der Waals surface area contributed by atoms with Crippen molar-refractivity contribution in [2.24, 2.45) is 10.9 Å². The molecule has 1 aromatic heterocycles. The number of aromatic nitrogens is 2. The lowest BCUT2D eigenvalue weighted by molar-refractivity contribution is 0.247. The molecule has 3 aromatic rings. The smallest absolute Gasteiger partial charge is 0.232 e. The predicted molar refractivity (Wildman–Crippen MR) is 129 cm³/mol. The summed E-state index contributed by atoms with van der Waals surface area (Å²) < 4.78 is 6.04. The van der Waals surface area contributed by atoms with Gasteiger partial charge in [0.15, 0.2) is 0 Å². The molecule has 0 aliphatic carbocycles. The van der Waals surface area contributed by atoms with E-state index in [4.69, 9.17) is 9.72 Å². The number of ether oxygens (including phenoxy) is 1. The van der Waals surface area contributed by atoms with Crippen molar-refractivity contribution in [3.8, 4) is 17.1 Å². The summed E-state index contributed by atoms with van der Waals surface area (Å²) >= 11 is 0. The van der Waals surface area contributed by atoms with Crippen LogP contribution in [-0.4, -0.2) is 28.8 Å². The normalized spacial score (nSPS) is 21.5. The van der Waals surface area contributed by atoms with Crippen molar-refractivity contribution in [1.29, 1.82) is 0 Å². The first-order valence-electron chi connectivity index (χ1n) is 11.2. The second-order valence-corrected chi connectivity index (χ2v) is 8.67. The number of allylic oxidation sites excluding steroid dienone is 2. The number of nitrogens with zero attached hydrogens (tertiary/aromatic N) is 3. The van der Waals surface area contributed by atoms with Gasteiger partial charge in [-0.05, 0) is 47.2 Å². The third-order valence-corrected chi connectivity index (χ3v) is 6.16. The van der Waals surface area contributed by atoms with Gasteiger partial charge < -0.3 is 10.1 Å². The molecule has 0 spiro atoms. The van der Waals surface area contributed by atoms with Crippen LogP contribution in [0.1, 0.15) is 36.1 Å². The lowest BCUT2D eigenvalue weighted by Crippen LogP contribution is -2.40. The Kier molecular flexibility index (Phi) is 5.82. The number of fused-ring (bicyclic) bond motifs is 2. The monoisotopic (exact) mass is 424 g/mol. The highest BCUT2D eigenvalue weighted by molar-refractivity contribution is 5.76. The molecule has 2 atom stereocenters. The van der Waals surface area contributed by atoms with E-state index in [2.05, 4.69) is 77.7 Å². The molecule has 32 heavy (non-hydrogen) atoms. The van der Waals surface area contributed by atoms with Crippen molar-refractivity contribution in [1.82, 2.24) is 15.3 Å². The standard InChI is InChI=1S/C27H28N4O/c1-18-9-19(2)25-11-21(7-8-23(25)13-28-12-18)26-15-29-16-27(31-26)32-17-24-10-20-5-3-4-6-22(20)14-30-24/h3-9,11-12,15-16,18,24,30H,10,13-14,17H2,1-2H3/b19-9-,28-12?/t18?,24-/m0/s1. The van der Waals surface area contributed by atoms with E-state index in [1.807, 2.05) is 6.21 Å². The molecule has 3 heterocycles. The number of hydrogen-bond acceptors (Lipinski definition) is 5. The van der Waals surface area contributed by atoms with Gasteiger partial charge in [0.05, 0.1) is 24.6 Å². The minimum Gasteiger partial charge on any atom is -0.475 e. The quantitative estimate of drug-likeness (QED) is 0.650. The summed E-state index contributed by atoms with van der Waals surface area (Å²) in [5.41, 5.74) is 8.34. The van der Waals surface area contributed by atoms with Crippen LogP contribution in [0.15, 0.2) is 65.9 Å². The molecule has 0 saturated heterocycles. The van der Waals surface area contributed by atoms with Gasteiger partial charge in [0, 0.05) is 30.3 Å². The number of aliphatic imine (C=N–C) groups is 1. The summed E-state index contributed by atoms with van der Waals surface area (Å²) in [5.74, 6) is 0.893. The van der Waals surface area contributed by atoms with Crippen LogP contribution in [0.3, 0.4) is 0 Å². The van der Waals surface area contributed by atoms with Crippen molar-refractivity contribution in [3.05, 3.63) is 83.2 Å². The Balaban J connectivity index is 1.32. The summed E-state index contributed by atoms with van der Waals surface area (Å²) in [4.78, 5) is 13.7. The molecular weight excluding hydrogens is 396 g/mol. The Bertz CT molecular complexity index is 1180. The van der Waals surface area contributed by atoms with Gasteiger partial charge in [-0.1, -0.05) is 49.4 Å². The first-order chi connectivity index (χ1) is 15.7. The van der Waals surface area contributed by atoms with E-state index >= 15 is 0 Å². The molecule has 2 aliphatic heterocycles. The topological polar surface area (TPSA) is 59.4 Å². The third kappa shape index (κ3) is 4.48. The summed E-state index contributed by atoms with van der Waals surface area (Å²) in [7, 11) is 0. The molecule has 5 rings (SSSR count). The first kappa shape index (κ1) is 20.6. The van der Waals surface area contributed by atoms with Gasteiger partial charge in [-0.2, -0.15) is 0 Å². The summed E-state index contributed by atoms with van der Waals surface area (Å²) in [6.07, 6.45) is 8.72. The van der Waals surface area contributed by atoms with Crippen molar-refractivity contribution >= 4 is 11.8 Å². The number of rotatable bonds is 4. The fraction of sp³-hybridized carbons (Fsp3) is 0.296. The number of nitrogens with one attached hydrogen (secondary N) is 1. The average molecular weight is 425 g/mol. The SMILES string of the molecule is C/C1=C/C(C)C=NCc2ccc(-c3cncc(OC[C@@H]4Cc5ccccc5CN4)n3)cc21. The maximum absolute atomic E-state index is 6.04. The van der Waals surface area contributed by atoms with E-state index in [0.29, 0.717) is 24.9 Å². The van der Waals surface area contributed by atoms with Gasteiger partial charge in [-0.25, -0.2) is 4.98 Å². The molecule has 0 amide bonds. The second kappa shape index (κ2) is 9.05. The van der Waals surface area contributed by atoms with Gasteiger partial charge in [-0.15, -0.1) is 0 Å². The van der Waals surface area contributed by atoms with Crippen LogP contribution in [0.25, 0.3) is 16.8 Å². The Morgan fingerprint density at radius 1 is 1.06 bits per heavy atom. The molecule has 5 nitrogen and oxygen atoms in total. The minimum atomic E-state index is 0.266. The van der Waals surface area contributed by atoms with Crippen LogP contribution >= 0.6 is 0 Å². The lowest BCUT2D eigenvalue weighted by atomic mass is 9.94. The zero-order valence-electron chi connectivity index (χ0n) is 18.6. The molecular formula is C27H28N4O. The Hall–Kier alpha value is -3.31. The number of benzene rings is 2. The Morgan fingerprint density at radius 2 is 1.94 bits per heavy atom. The molecule has 0 fully saturated rings. The highest BCUT2D eigenvalue weighted by Crippen LogP contribution is 2.29. The van der Waals surface area contributed by atoms with Crippen LogP contribution in [0.4, 0.5) is 0 Å². The van der Waals surface area contributed by atoms with Crippen LogP contribution in [0, 0.1) is 5.92 Å². The van der Waals surface area contributed by atoms with Gasteiger partial charge >= 0.3 is 0 Å². The zero-order chi connectivity index (χ0) is 21.9. The summed E-state index contributed by atoms with van der Waals surface area (Å²) in [6.45, 7) is 6.47. The first-order valence-corrected chi connectivity index (χ1v) is 11.2. The molecule has 1 unspecified atom stereocenters. The van der Waals surface area contributed by atoms with Gasteiger partial charge in [0.2, 0.25) is 5.88 Å². The molecule has 0 saturated carbocycles. The summed E-state index contributed by atoms with van der Waals surface area (Å²) in [6, 6.07) is 15.3. The van der Waals surface area contributed by atoms with Gasteiger partial charge in [0.25, 0.3) is 0 Å². The second-order valence-electron chi connectivity index (χ2n) is 8.67. The molecule has 1 N–H and O–H groups in total. The molecule has 0 radical (unpaired) electrons. The molecule has 162 valence electrons. The van der Waals surface area contributed by atoms with Crippen LogP contribution in [0.5, 0.6) is 5.88 Å². The maximum atomic E-state index is 6.04. The van der Waals surface area contributed by atoms with Crippen LogP contribution in [-0.2, 0) is 19.5 Å². The fourth-order valence-corrected chi connectivity index (χ4v) is 4.47. The maximum Gasteiger partial charge on any atom is 0.232 e. The molecule has 0 bridgehead atoms. The van der Waals surface area contributed by atoms with E-state index in [9.17, 15) is 0 Å². The average Bonchev–Trinajstić information content (AvgIpc) is 2.82. The number of hydrogen-bond donors (Lipinski definition) is 1. The molecule has 5 heteroatoms. The van der Waals surface area contributed by atoms with E-state index in [1.54, 1.807) is 12.4 Å². The lowest BCUT2D eigenvalue weighted by Gasteiger charge is -2.25. The van der Waals surface area contributed by atoms with Crippen molar-refractivity contribution < 1.29 is 4.74 Å². The van der Waals surface area contributed by atoms with Gasteiger partial charge in [0.1, 0.15) is 6.61 Å². The van der Waals surface area contributed by atoms with E-state index < -0.39 is 0 Å². The predicted octanol–water partition coefficient (Wildman–Crippen LogP) is 4.86. The molecule has 2 aliphatic rings. The van der Waals surface area contributed by atoms with E-state index in [1.165, 1.54) is 27.8 Å². The van der Waals surface area contributed by atoms with E-state index in [-0.39, 0.29) is 6.04 Å². The largest absolute Gasteiger partial charge is 0.475 e. The fourth-order valence-electron chi connectivity index (χ4n) is 4.47. The van der Waals surface area contributed by atoms with Crippen LogP contribution < -0.4 is 10.1 Å². The van der Waals surface area contributed by atoms with Crippen molar-refractivity contribution in [2.75, 3.05) is 6.61 Å². The van der Waals surface area contributed by atoms with Crippen molar-refractivity contribution in [2.45, 2.75) is 39.4 Å². The van der Waals surface area contributed by atoms with Gasteiger partial charge in [-0.3, -0.25) is 9.98 Å². The van der Waals surface area contributed by atoms with E-state index in [0.717, 1.165) is 24.2 Å². The minimum absolute atomic E-state index is 0.266. The zero-order valence-corrected chi connectivity index (χ0v) is 18.6. The summed E-state index contributed by atoms with van der Waals surface area (Å²) in [5, 5.41) is 3.55. The highest BCUT2D eigenvalue weighted by atomic mass is 16.5. The highest BCUT2D eigenvalue weighted by Gasteiger charge is 2.18. The van der Waals surface area contributed by atoms with Crippen LogP contribution in [0.2, 0.25) is 0 Å². The third-order valence-electron chi connectivity index (χ3n) is 6.16. The molecule has 2 aromatic carbocycles. The Morgan fingerprint density at radius 3 is 2.84 bits per heavy atom.